The van der Waals surface area contributed by atoms with Crippen LogP contribution in [0.3, 0.4) is 0 Å². The maximum absolute atomic E-state index is 5.51. The Morgan fingerprint density at radius 1 is 1.30 bits per heavy atom. The number of hydrogen-bond acceptors (Lipinski definition) is 2. The maximum atomic E-state index is 5.51. The molecule has 20 heavy (non-hydrogen) atoms. The van der Waals surface area contributed by atoms with E-state index in [-0.39, 0.29) is 0 Å². The van der Waals surface area contributed by atoms with Crippen molar-refractivity contribution in [3.63, 3.8) is 0 Å². The first-order valence-electron chi connectivity index (χ1n) is 7.32. The van der Waals surface area contributed by atoms with Gasteiger partial charge in [-0.25, -0.2) is 0 Å². The molecular weight excluding hydrogens is 382 g/mol. The first-order valence-corrected chi connectivity index (χ1v) is 8.90. The Balaban J connectivity index is 2.04. The molecular formula is C16H23Br2NO. The summed E-state index contributed by atoms with van der Waals surface area (Å²) in [4.78, 5) is 0. The molecule has 0 heterocycles. The van der Waals surface area contributed by atoms with E-state index < -0.39 is 0 Å². The summed E-state index contributed by atoms with van der Waals surface area (Å²) in [6, 6.07) is 4.78. The lowest BCUT2D eigenvalue weighted by atomic mass is 9.93. The van der Waals surface area contributed by atoms with Gasteiger partial charge in [0, 0.05) is 22.6 Å². The number of methoxy groups -OCH3 is 1. The topological polar surface area (TPSA) is 21.3 Å². The SMILES string of the molecule is CCC1CCC(NCc2cc(Br)cc(Br)c2OC)C1C. The molecule has 0 saturated heterocycles. The molecule has 1 aliphatic carbocycles. The van der Waals surface area contributed by atoms with E-state index in [2.05, 4.69) is 57.1 Å². The van der Waals surface area contributed by atoms with Crippen LogP contribution in [-0.2, 0) is 6.54 Å². The average Bonchev–Trinajstić information content (AvgIpc) is 2.76. The van der Waals surface area contributed by atoms with Crippen LogP contribution >= 0.6 is 31.9 Å². The van der Waals surface area contributed by atoms with Crippen molar-refractivity contribution in [1.82, 2.24) is 5.32 Å². The Labute approximate surface area is 138 Å². The van der Waals surface area contributed by atoms with Crippen molar-refractivity contribution in [2.75, 3.05) is 7.11 Å². The van der Waals surface area contributed by atoms with Crippen molar-refractivity contribution in [3.05, 3.63) is 26.6 Å². The van der Waals surface area contributed by atoms with Gasteiger partial charge in [0.15, 0.2) is 0 Å². The summed E-state index contributed by atoms with van der Waals surface area (Å²) in [6.45, 7) is 5.54. The van der Waals surface area contributed by atoms with Crippen LogP contribution in [0, 0.1) is 11.8 Å². The molecule has 1 aromatic rings. The number of nitrogens with one attached hydrogen (secondary N) is 1. The fraction of sp³-hybridized carbons (Fsp3) is 0.625. The summed E-state index contributed by atoms with van der Waals surface area (Å²) in [7, 11) is 1.73. The minimum atomic E-state index is 0.627. The van der Waals surface area contributed by atoms with Crippen LogP contribution in [0.25, 0.3) is 0 Å². The first-order chi connectivity index (χ1) is 9.56. The molecule has 4 heteroatoms. The maximum Gasteiger partial charge on any atom is 0.137 e. The quantitative estimate of drug-likeness (QED) is 0.733. The predicted octanol–water partition coefficient (Wildman–Crippen LogP) is 5.13. The highest BCUT2D eigenvalue weighted by atomic mass is 79.9. The molecule has 0 bridgehead atoms. The van der Waals surface area contributed by atoms with E-state index in [0.29, 0.717) is 6.04 Å². The van der Waals surface area contributed by atoms with Gasteiger partial charge in [-0.1, -0.05) is 36.2 Å². The van der Waals surface area contributed by atoms with Crippen LogP contribution in [0.2, 0.25) is 0 Å². The molecule has 1 saturated carbocycles. The molecule has 1 aromatic carbocycles. The molecule has 2 rings (SSSR count). The van der Waals surface area contributed by atoms with E-state index in [9.17, 15) is 0 Å². The van der Waals surface area contributed by atoms with Crippen LogP contribution < -0.4 is 10.1 Å². The average molecular weight is 405 g/mol. The highest BCUT2D eigenvalue weighted by Crippen LogP contribution is 2.36. The van der Waals surface area contributed by atoms with Crippen LogP contribution in [0.1, 0.15) is 38.7 Å². The zero-order valence-electron chi connectivity index (χ0n) is 12.4. The van der Waals surface area contributed by atoms with E-state index >= 15 is 0 Å². The van der Waals surface area contributed by atoms with Crippen molar-refractivity contribution < 1.29 is 4.74 Å². The fourth-order valence-electron chi connectivity index (χ4n) is 3.33. The normalized spacial score (nSPS) is 25.9. The summed E-state index contributed by atoms with van der Waals surface area (Å²) in [5.74, 6) is 2.57. The first kappa shape index (κ1) is 16.3. The highest BCUT2D eigenvalue weighted by Gasteiger charge is 2.31. The molecule has 112 valence electrons. The van der Waals surface area contributed by atoms with Crippen LogP contribution in [-0.4, -0.2) is 13.2 Å². The van der Waals surface area contributed by atoms with Crippen LogP contribution in [0.15, 0.2) is 21.1 Å². The van der Waals surface area contributed by atoms with Crippen LogP contribution in [0.4, 0.5) is 0 Å². The van der Waals surface area contributed by atoms with Gasteiger partial charge >= 0.3 is 0 Å². The Bertz CT molecular complexity index is 464. The third kappa shape index (κ3) is 3.58. The minimum Gasteiger partial charge on any atom is -0.495 e. The molecule has 0 aromatic heterocycles. The van der Waals surface area contributed by atoms with E-state index in [4.69, 9.17) is 4.74 Å². The van der Waals surface area contributed by atoms with Gasteiger partial charge in [-0.2, -0.15) is 0 Å². The van der Waals surface area contributed by atoms with Gasteiger partial charge in [0.2, 0.25) is 0 Å². The summed E-state index contributed by atoms with van der Waals surface area (Å²) in [5, 5.41) is 3.72. The Morgan fingerprint density at radius 2 is 2.05 bits per heavy atom. The molecule has 2 nitrogen and oxygen atoms in total. The zero-order valence-corrected chi connectivity index (χ0v) is 15.6. The lowest BCUT2D eigenvalue weighted by molar-refractivity contribution is 0.341. The van der Waals surface area contributed by atoms with Gasteiger partial charge in [0.05, 0.1) is 11.6 Å². The van der Waals surface area contributed by atoms with Crippen molar-refractivity contribution in [2.45, 2.75) is 45.7 Å². The Hall–Kier alpha value is -0.0600. The third-order valence-corrected chi connectivity index (χ3v) is 5.64. The number of halogens is 2. The van der Waals surface area contributed by atoms with E-state index in [1.165, 1.54) is 24.8 Å². The van der Waals surface area contributed by atoms with E-state index in [1.54, 1.807) is 7.11 Å². The van der Waals surface area contributed by atoms with Crippen LogP contribution in [0.5, 0.6) is 5.75 Å². The fourth-order valence-corrected chi connectivity index (χ4v) is 4.80. The summed E-state index contributed by atoms with van der Waals surface area (Å²) < 4.78 is 7.58. The van der Waals surface area contributed by atoms with Gasteiger partial charge in [0.1, 0.15) is 5.75 Å². The number of benzene rings is 1. The lowest BCUT2D eigenvalue weighted by Gasteiger charge is -2.22. The molecule has 1 N–H and O–H groups in total. The smallest absolute Gasteiger partial charge is 0.137 e. The second-order valence-corrected chi connectivity index (χ2v) is 7.44. The van der Waals surface area contributed by atoms with Gasteiger partial charge in [-0.05, 0) is 52.7 Å². The lowest BCUT2D eigenvalue weighted by Crippen LogP contribution is -2.32. The molecule has 0 spiro atoms. The molecule has 3 atom stereocenters. The zero-order chi connectivity index (χ0) is 14.7. The van der Waals surface area contributed by atoms with Gasteiger partial charge in [0.25, 0.3) is 0 Å². The summed E-state index contributed by atoms with van der Waals surface area (Å²) in [6.07, 6.45) is 3.94. The standard InChI is InChI=1S/C16H23Br2NO/c1-4-11-5-6-15(10(11)2)19-9-12-7-13(17)8-14(18)16(12)20-3/h7-8,10-11,15,19H,4-6,9H2,1-3H3. The minimum absolute atomic E-state index is 0.627. The van der Waals surface area contributed by atoms with E-state index in [1.807, 2.05) is 6.07 Å². The van der Waals surface area contributed by atoms with Gasteiger partial charge in [-0.3, -0.25) is 0 Å². The summed E-state index contributed by atoms with van der Waals surface area (Å²) in [5.41, 5.74) is 1.20. The number of hydrogen-bond donors (Lipinski definition) is 1. The predicted molar refractivity (Wildman–Crippen MR) is 91.2 cm³/mol. The molecule has 0 amide bonds. The van der Waals surface area contributed by atoms with Gasteiger partial charge < -0.3 is 10.1 Å². The van der Waals surface area contributed by atoms with Crippen molar-refractivity contribution >= 4 is 31.9 Å². The van der Waals surface area contributed by atoms with E-state index in [0.717, 1.165) is 33.1 Å². The molecule has 0 aliphatic heterocycles. The second kappa shape index (κ2) is 7.28. The number of ether oxygens (including phenoxy) is 1. The van der Waals surface area contributed by atoms with Crippen molar-refractivity contribution in [1.29, 1.82) is 0 Å². The largest absolute Gasteiger partial charge is 0.495 e. The van der Waals surface area contributed by atoms with Gasteiger partial charge in [-0.15, -0.1) is 0 Å². The molecule has 1 fully saturated rings. The Kier molecular flexibility index (Phi) is 5.94. The second-order valence-electron chi connectivity index (χ2n) is 5.67. The number of rotatable bonds is 5. The monoisotopic (exact) mass is 403 g/mol. The molecule has 1 aliphatic rings. The van der Waals surface area contributed by atoms with Crippen molar-refractivity contribution in [3.8, 4) is 5.75 Å². The summed E-state index contributed by atoms with van der Waals surface area (Å²) >= 11 is 7.11. The Morgan fingerprint density at radius 3 is 2.65 bits per heavy atom. The molecule has 3 unspecified atom stereocenters. The third-order valence-electron chi connectivity index (χ3n) is 4.60. The molecule has 0 radical (unpaired) electrons. The highest BCUT2D eigenvalue weighted by molar-refractivity contribution is 9.11. The van der Waals surface area contributed by atoms with Crippen molar-refractivity contribution in [2.24, 2.45) is 11.8 Å².